The van der Waals surface area contributed by atoms with Gasteiger partial charge in [-0.15, -0.1) is 0 Å². The quantitative estimate of drug-likeness (QED) is 0.203. The Kier molecular flexibility index (Phi) is 8.90. The topological polar surface area (TPSA) is 51.1 Å². The Bertz CT molecular complexity index is 1100. The molecular weight excluding hydrogens is 481 g/mol. The van der Waals surface area contributed by atoms with Gasteiger partial charge in [0.25, 0.3) is 6.47 Å². The van der Waals surface area contributed by atoms with Crippen LogP contribution < -0.4 is 0 Å². The van der Waals surface area contributed by atoms with E-state index in [4.69, 9.17) is 9.57 Å². The van der Waals surface area contributed by atoms with Crippen LogP contribution in [-0.4, -0.2) is 36.3 Å². The normalized spacial score (nSPS) is 17.9. The van der Waals surface area contributed by atoms with E-state index < -0.39 is 11.7 Å². The fourth-order valence-corrected chi connectivity index (χ4v) is 5.36. The number of carbonyl (C=O) groups is 1. The second kappa shape index (κ2) is 12.1. The first kappa shape index (κ1) is 27.2. The van der Waals surface area contributed by atoms with Crippen molar-refractivity contribution in [3.05, 3.63) is 69.8 Å². The van der Waals surface area contributed by atoms with Crippen molar-refractivity contribution >= 4 is 12.2 Å². The van der Waals surface area contributed by atoms with Gasteiger partial charge < -0.3 is 9.57 Å². The Balaban J connectivity index is 1.39. The molecule has 1 saturated heterocycles. The maximum Gasteiger partial charge on any atom is 0.416 e. The molecule has 0 amide bonds. The first-order valence-corrected chi connectivity index (χ1v) is 13.1. The molecule has 5 nitrogen and oxygen atoms in total. The highest BCUT2D eigenvalue weighted by atomic mass is 19.4. The fourth-order valence-electron chi connectivity index (χ4n) is 5.36. The zero-order chi connectivity index (χ0) is 26.4. The van der Waals surface area contributed by atoms with Crippen molar-refractivity contribution in [2.75, 3.05) is 13.1 Å². The van der Waals surface area contributed by atoms with Crippen LogP contribution in [0, 0.1) is 0 Å². The minimum Gasteiger partial charge on any atom is -0.462 e. The largest absolute Gasteiger partial charge is 0.462 e. The van der Waals surface area contributed by atoms with Crippen LogP contribution in [0.25, 0.3) is 0 Å². The van der Waals surface area contributed by atoms with Gasteiger partial charge in [0.2, 0.25) is 0 Å². The smallest absolute Gasteiger partial charge is 0.416 e. The number of hydrogen-bond donors (Lipinski definition) is 0. The van der Waals surface area contributed by atoms with Crippen molar-refractivity contribution in [3.63, 3.8) is 0 Å². The van der Waals surface area contributed by atoms with E-state index in [1.807, 2.05) is 13.0 Å². The molecule has 2 aromatic rings. The number of carbonyl (C=O) groups excluding carboxylic acids is 1. The Morgan fingerprint density at radius 1 is 1.08 bits per heavy atom. The Hall–Kier alpha value is -2.87. The Morgan fingerprint density at radius 2 is 1.84 bits per heavy atom. The molecule has 0 aromatic heterocycles. The van der Waals surface area contributed by atoms with E-state index >= 15 is 0 Å². The second-order valence-electron chi connectivity index (χ2n) is 10.1. The number of hydrogen-bond acceptors (Lipinski definition) is 5. The number of oxime groups is 1. The molecule has 1 aliphatic heterocycles. The molecule has 1 heterocycles. The first-order chi connectivity index (χ1) is 17.8. The van der Waals surface area contributed by atoms with E-state index in [-0.39, 0.29) is 18.6 Å². The van der Waals surface area contributed by atoms with E-state index in [1.54, 1.807) is 12.1 Å². The van der Waals surface area contributed by atoms with E-state index in [2.05, 4.69) is 29.1 Å². The van der Waals surface area contributed by atoms with Crippen molar-refractivity contribution < 1.29 is 27.5 Å². The number of ether oxygens (including phenoxy) is 1. The predicted octanol–water partition coefficient (Wildman–Crippen LogP) is 6.61. The van der Waals surface area contributed by atoms with E-state index in [9.17, 15) is 18.0 Å². The van der Waals surface area contributed by atoms with Gasteiger partial charge in [-0.05, 0) is 72.1 Å². The fraction of sp³-hybridized carbons (Fsp3) is 0.517. The minimum absolute atomic E-state index is 0.0240. The molecule has 0 N–H and O–H groups in total. The van der Waals surface area contributed by atoms with Gasteiger partial charge >= 0.3 is 6.18 Å². The molecule has 0 spiro atoms. The van der Waals surface area contributed by atoms with Gasteiger partial charge in [0.05, 0.1) is 11.3 Å². The molecule has 0 unspecified atom stereocenters. The van der Waals surface area contributed by atoms with Gasteiger partial charge in [-0.2, -0.15) is 13.2 Å². The maximum absolute atomic E-state index is 13.8. The van der Waals surface area contributed by atoms with E-state index in [0.717, 1.165) is 63.7 Å². The lowest BCUT2D eigenvalue weighted by Gasteiger charge is -2.37. The third-order valence-electron chi connectivity index (χ3n) is 7.47. The lowest BCUT2D eigenvalue weighted by molar-refractivity contribution is -0.142. The predicted molar refractivity (Wildman–Crippen MR) is 136 cm³/mol. The molecule has 8 heteroatoms. The highest BCUT2D eigenvalue weighted by molar-refractivity contribution is 5.98. The standard InChI is InChI=1S/C29H35F3N2O3/c1-3-22-14-24(10-11-25(22)15-34-16-26(17-34)36-19-35)20(2)33-37-18-21-9-12-27(23-7-5-4-6-8-23)28(13-21)29(30,31)32/h9-14,19,23,26H,3-8,15-18H2,1-2H3/b33-20+. The number of alkyl halides is 3. The summed E-state index contributed by atoms with van der Waals surface area (Å²) in [5, 5.41) is 4.19. The number of halogens is 3. The third-order valence-corrected chi connectivity index (χ3v) is 7.47. The summed E-state index contributed by atoms with van der Waals surface area (Å²) in [6.07, 6.45) is 1.13. The highest BCUT2D eigenvalue weighted by Gasteiger charge is 2.36. The summed E-state index contributed by atoms with van der Waals surface area (Å²) in [5.74, 6) is -0.0245. The monoisotopic (exact) mass is 516 g/mol. The summed E-state index contributed by atoms with van der Waals surface area (Å²) < 4.78 is 46.5. The van der Waals surface area contributed by atoms with Gasteiger partial charge in [-0.3, -0.25) is 9.69 Å². The second-order valence-corrected chi connectivity index (χ2v) is 10.1. The van der Waals surface area contributed by atoms with Crippen LogP contribution in [0.4, 0.5) is 13.2 Å². The van der Waals surface area contributed by atoms with Crippen LogP contribution >= 0.6 is 0 Å². The zero-order valence-corrected chi connectivity index (χ0v) is 21.5. The number of benzene rings is 2. The van der Waals surface area contributed by atoms with Crippen LogP contribution in [-0.2, 0) is 40.1 Å². The van der Waals surface area contributed by atoms with Gasteiger partial charge in [0, 0.05) is 19.6 Å². The van der Waals surface area contributed by atoms with Crippen LogP contribution in [0.5, 0.6) is 0 Å². The molecule has 2 aliphatic rings. The van der Waals surface area contributed by atoms with E-state index in [0.29, 0.717) is 23.3 Å². The lowest BCUT2D eigenvalue weighted by Crippen LogP contribution is -2.51. The van der Waals surface area contributed by atoms with Gasteiger partial charge in [0.15, 0.2) is 0 Å². The van der Waals surface area contributed by atoms with Crippen molar-refractivity contribution in [1.82, 2.24) is 4.90 Å². The number of nitrogens with zero attached hydrogens (tertiary/aromatic N) is 2. The average molecular weight is 517 g/mol. The summed E-state index contributed by atoms with van der Waals surface area (Å²) in [6, 6.07) is 10.7. The molecule has 4 rings (SSSR count). The summed E-state index contributed by atoms with van der Waals surface area (Å²) in [4.78, 5) is 18.2. The average Bonchev–Trinajstić information content (AvgIpc) is 2.87. The summed E-state index contributed by atoms with van der Waals surface area (Å²) >= 11 is 0. The molecule has 2 fully saturated rings. The number of likely N-dealkylation sites (tertiary alicyclic amines) is 1. The van der Waals surface area contributed by atoms with Gasteiger partial charge in [-0.25, -0.2) is 0 Å². The summed E-state index contributed by atoms with van der Waals surface area (Å²) in [7, 11) is 0. The molecule has 1 saturated carbocycles. The number of rotatable bonds is 10. The zero-order valence-electron chi connectivity index (χ0n) is 21.5. The molecule has 0 bridgehead atoms. The van der Waals surface area contributed by atoms with Crippen LogP contribution in [0.3, 0.4) is 0 Å². The van der Waals surface area contributed by atoms with E-state index in [1.165, 1.54) is 17.2 Å². The van der Waals surface area contributed by atoms with Gasteiger partial charge in [-0.1, -0.05) is 55.6 Å². The highest BCUT2D eigenvalue weighted by Crippen LogP contribution is 2.41. The first-order valence-electron chi connectivity index (χ1n) is 13.1. The minimum atomic E-state index is -4.39. The molecule has 1 aliphatic carbocycles. The van der Waals surface area contributed by atoms with Crippen LogP contribution in [0.15, 0.2) is 41.6 Å². The maximum atomic E-state index is 13.8. The molecule has 37 heavy (non-hydrogen) atoms. The van der Waals surface area contributed by atoms with Crippen LogP contribution in [0.1, 0.15) is 85.3 Å². The molecule has 200 valence electrons. The lowest BCUT2D eigenvalue weighted by atomic mass is 9.81. The Morgan fingerprint density at radius 3 is 2.51 bits per heavy atom. The van der Waals surface area contributed by atoms with Crippen molar-refractivity contribution in [1.29, 1.82) is 0 Å². The number of aryl methyl sites for hydroxylation is 1. The van der Waals surface area contributed by atoms with Crippen LogP contribution in [0.2, 0.25) is 0 Å². The van der Waals surface area contributed by atoms with Crippen molar-refractivity contribution in [3.8, 4) is 0 Å². The molecule has 2 aromatic carbocycles. The molecular formula is C29H35F3N2O3. The molecule has 0 atom stereocenters. The van der Waals surface area contributed by atoms with Gasteiger partial charge in [0.1, 0.15) is 12.7 Å². The summed E-state index contributed by atoms with van der Waals surface area (Å²) in [5.41, 5.74) is 4.31. The SMILES string of the molecule is CCc1cc(/C(C)=N/OCc2ccc(C3CCCCC3)c(C(F)(F)F)c2)ccc1CN1CC(OC=O)C1. The third kappa shape index (κ3) is 6.92. The molecule has 0 radical (unpaired) electrons. The van der Waals surface area contributed by atoms with Crippen molar-refractivity contribution in [2.45, 2.75) is 83.7 Å². The Labute approximate surface area is 216 Å². The summed E-state index contributed by atoms with van der Waals surface area (Å²) in [6.45, 7) is 6.65. The van der Waals surface area contributed by atoms with Crippen molar-refractivity contribution in [2.24, 2.45) is 5.16 Å².